The molecule has 8 nitrogen and oxygen atoms in total. The van der Waals surface area contributed by atoms with E-state index in [2.05, 4.69) is 22.4 Å². The van der Waals surface area contributed by atoms with Gasteiger partial charge in [0, 0.05) is 6.42 Å². The molecular weight excluding hydrogens is 411 g/mol. The molecule has 2 N–H and O–H groups in total. The van der Waals surface area contributed by atoms with E-state index >= 15 is 0 Å². The van der Waals surface area contributed by atoms with Gasteiger partial charge < -0.3 is 9.63 Å². The predicted octanol–water partition coefficient (Wildman–Crippen LogP) is 5.33. The zero-order valence-corrected chi connectivity index (χ0v) is 18.8. The molecule has 0 bridgehead atoms. The minimum Gasteiger partial charge on any atom is -0.463 e. The van der Waals surface area contributed by atoms with E-state index in [0.717, 1.165) is 38.5 Å². The molecule has 9 heteroatoms. The Hall–Kier alpha value is -1.02. The van der Waals surface area contributed by atoms with Gasteiger partial charge in [-0.2, -0.15) is 0 Å². The number of phosphoric ester groups is 1. The molecule has 0 aromatic rings. The predicted molar refractivity (Wildman–Crippen MR) is 114 cm³/mol. The lowest BCUT2D eigenvalue weighted by Crippen LogP contribution is -2.20. The van der Waals surface area contributed by atoms with Gasteiger partial charge in [0.15, 0.2) is 0 Å². The minimum absolute atomic E-state index is 0.0496. The summed E-state index contributed by atoms with van der Waals surface area (Å²) in [6.45, 7) is 2.06. The first-order valence-corrected chi connectivity index (χ1v) is 12.4. The number of esters is 1. The molecule has 0 aromatic heterocycles. The Kier molecular flexibility index (Phi) is 15.0. The van der Waals surface area contributed by atoms with Gasteiger partial charge in [0.05, 0.1) is 6.61 Å². The van der Waals surface area contributed by atoms with Crippen molar-refractivity contribution < 1.29 is 38.2 Å². The summed E-state index contributed by atoms with van der Waals surface area (Å²) in [6.07, 6.45) is 17.3. The van der Waals surface area contributed by atoms with Crippen molar-refractivity contribution in [2.24, 2.45) is 0 Å². The van der Waals surface area contributed by atoms with E-state index < -0.39 is 13.9 Å². The minimum atomic E-state index is -3.94. The second kappa shape index (κ2) is 16.6. The van der Waals surface area contributed by atoms with Crippen LogP contribution in [0.15, 0.2) is 24.3 Å². The standard InChI is InChI=1S/C21H37O8P/c1-2-3-4-5-8-11-14-19(28-23)15-12-9-6-7-10-13-16-21(22)26-17-20-18-27-30(24,25)29-20/h8,11-12,15,19-20,23H,2-7,9-10,13-14,16-18H2,1H3,(H,24,25)/b11-8-,15-12+. The molecule has 1 saturated heterocycles. The van der Waals surface area contributed by atoms with Crippen LogP contribution in [0, 0.1) is 0 Å². The Balaban J connectivity index is 1.98. The second-order valence-electron chi connectivity index (χ2n) is 7.40. The van der Waals surface area contributed by atoms with Crippen LogP contribution in [0.1, 0.15) is 77.6 Å². The Bertz CT molecular complexity index is 563. The third kappa shape index (κ3) is 14.1. The number of rotatable bonds is 17. The fourth-order valence-electron chi connectivity index (χ4n) is 2.91. The molecule has 1 aliphatic heterocycles. The van der Waals surface area contributed by atoms with Crippen molar-refractivity contribution in [2.75, 3.05) is 13.2 Å². The number of carbonyl (C=O) groups excluding carboxylic acids is 1. The molecule has 0 aromatic carbocycles. The van der Waals surface area contributed by atoms with E-state index in [-0.39, 0.29) is 25.3 Å². The van der Waals surface area contributed by atoms with E-state index in [1.165, 1.54) is 19.3 Å². The third-order valence-electron chi connectivity index (χ3n) is 4.63. The van der Waals surface area contributed by atoms with Crippen LogP contribution < -0.4 is 0 Å². The van der Waals surface area contributed by atoms with Crippen LogP contribution in [-0.2, 0) is 28.0 Å². The van der Waals surface area contributed by atoms with Gasteiger partial charge in [-0.1, -0.05) is 56.9 Å². The number of carbonyl (C=O) groups is 1. The molecular formula is C21H37O8P. The van der Waals surface area contributed by atoms with Crippen molar-refractivity contribution in [2.45, 2.75) is 89.8 Å². The maximum atomic E-state index is 11.7. The van der Waals surface area contributed by atoms with Gasteiger partial charge in [-0.15, -0.1) is 0 Å². The third-order valence-corrected chi connectivity index (χ3v) is 5.67. The largest absolute Gasteiger partial charge is 0.472 e. The topological polar surface area (TPSA) is 112 Å². The molecule has 0 saturated carbocycles. The average Bonchev–Trinajstić information content (AvgIpc) is 3.08. The van der Waals surface area contributed by atoms with Gasteiger partial charge in [-0.3, -0.25) is 19.1 Å². The molecule has 3 atom stereocenters. The quantitative estimate of drug-likeness (QED) is 0.0767. The van der Waals surface area contributed by atoms with E-state index in [1.54, 1.807) is 0 Å². The molecule has 0 spiro atoms. The maximum absolute atomic E-state index is 11.7. The van der Waals surface area contributed by atoms with E-state index in [4.69, 9.17) is 19.4 Å². The normalized spacial score (nSPS) is 22.8. The van der Waals surface area contributed by atoms with Crippen molar-refractivity contribution in [3.63, 3.8) is 0 Å². The number of hydrogen-bond donors (Lipinski definition) is 2. The van der Waals surface area contributed by atoms with Crippen LogP contribution >= 0.6 is 7.82 Å². The highest BCUT2D eigenvalue weighted by Crippen LogP contribution is 2.49. The second-order valence-corrected chi connectivity index (χ2v) is 8.81. The fraction of sp³-hybridized carbons (Fsp3) is 0.762. The Morgan fingerprint density at radius 1 is 1.13 bits per heavy atom. The van der Waals surface area contributed by atoms with Crippen LogP contribution in [0.4, 0.5) is 0 Å². The average molecular weight is 448 g/mol. The van der Waals surface area contributed by atoms with Gasteiger partial charge in [0.2, 0.25) is 0 Å². The summed E-state index contributed by atoms with van der Waals surface area (Å²) in [5, 5.41) is 8.96. The van der Waals surface area contributed by atoms with Crippen LogP contribution in [0.25, 0.3) is 0 Å². The lowest BCUT2D eigenvalue weighted by Gasteiger charge is -2.08. The van der Waals surface area contributed by atoms with Crippen LogP contribution in [0.3, 0.4) is 0 Å². The van der Waals surface area contributed by atoms with Gasteiger partial charge >= 0.3 is 13.8 Å². The number of ether oxygens (including phenoxy) is 1. The van der Waals surface area contributed by atoms with Crippen LogP contribution in [-0.4, -0.2) is 41.5 Å². The van der Waals surface area contributed by atoms with E-state index in [9.17, 15) is 9.36 Å². The first-order chi connectivity index (χ1) is 14.5. The Morgan fingerprint density at radius 3 is 2.57 bits per heavy atom. The molecule has 1 aliphatic rings. The highest BCUT2D eigenvalue weighted by molar-refractivity contribution is 7.47. The maximum Gasteiger partial charge on any atom is 0.472 e. The van der Waals surface area contributed by atoms with Crippen LogP contribution in [0.2, 0.25) is 0 Å². The SMILES string of the molecule is CCCCC/C=C\CC(/C=C/CCCCCCC(=O)OCC1COP(=O)(O)O1)OO. The van der Waals surface area contributed by atoms with E-state index in [0.29, 0.717) is 12.8 Å². The zero-order valence-electron chi connectivity index (χ0n) is 17.9. The summed E-state index contributed by atoms with van der Waals surface area (Å²) >= 11 is 0. The lowest BCUT2D eigenvalue weighted by atomic mass is 10.1. The Morgan fingerprint density at radius 2 is 1.87 bits per heavy atom. The molecule has 30 heavy (non-hydrogen) atoms. The summed E-state index contributed by atoms with van der Waals surface area (Å²) in [6, 6.07) is 0. The van der Waals surface area contributed by atoms with Gasteiger partial charge in [-0.05, 0) is 38.5 Å². The van der Waals surface area contributed by atoms with Gasteiger partial charge in [0.1, 0.15) is 18.8 Å². The van der Waals surface area contributed by atoms with E-state index in [1.807, 2.05) is 18.2 Å². The van der Waals surface area contributed by atoms with Crippen LogP contribution in [0.5, 0.6) is 0 Å². The molecule has 1 rings (SSSR count). The first kappa shape index (κ1) is 27.0. The number of unbranched alkanes of at least 4 members (excludes halogenated alkanes) is 7. The molecule has 1 fully saturated rings. The van der Waals surface area contributed by atoms with Crippen molar-refractivity contribution in [3.05, 3.63) is 24.3 Å². The zero-order chi connectivity index (χ0) is 22.1. The molecule has 174 valence electrons. The molecule has 3 unspecified atom stereocenters. The number of hydrogen-bond acceptors (Lipinski definition) is 7. The smallest absolute Gasteiger partial charge is 0.463 e. The summed E-state index contributed by atoms with van der Waals surface area (Å²) in [5.41, 5.74) is 0. The molecule has 0 aliphatic carbocycles. The summed E-state index contributed by atoms with van der Waals surface area (Å²) < 4.78 is 25.4. The summed E-state index contributed by atoms with van der Waals surface area (Å²) in [5.74, 6) is -0.344. The summed E-state index contributed by atoms with van der Waals surface area (Å²) in [4.78, 5) is 25.2. The van der Waals surface area contributed by atoms with Crippen molar-refractivity contribution in [1.29, 1.82) is 0 Å². The van der Waals surface area contributed by atoms with Gasteiger partial charge in [-0.25, -0.2) is 9.45 Å². The summed E-state index contributed by atoms with van der Waals surface area (Å²) in [7, 11) is -3.94. The number of allylic oxidation sites excluding steroid dienone is 2. The van der Waals surface area contributed by atoms with Crippen molar-refractivity contribution >= 4 is 13.8 Å². The van der Waals surface area contributed by atoms with Gasteiger partial charge in [0.25, 0.3) is 0 Å². The van der Waals surface area contributed by atoms with Crippen molar-refractivity contribution in [3.8, 4) is 0 Å². The Labute approximate surface area is 179 Å². The lowest BCUT2D eigenvalue weighted by molar-refractivity contribution is -0.264. The molecule has 1 heterocycles. The highest BCUT2D eigenvalue weighted by atomic mass is 31.2. The molecule has 0 radical (unpaired) electrons. The number of phosphoric acid groups is 1. The highest BCUT2D eigenvalue weighted by Gasteiger charge is 2.35. The molecule has 0 amide bonds. The van der Waals surface area contributed by atoms with Crippen molar-refractivity contribution in [1.82, 2.24) is 0 Å². The first-order valence-electron chi connectivity index (χ1n) is 10.9. The fourth-order valence-corrected chi connectivity index (χ4v) is 3.83. The monoisotopic (exact) mass is 448 g/mol.